The Kier molecular flexibility index (Phi) is 6.05. The highest BCUT2D eigenvalue weighted by molar-refractivity contribution is 5.95. The van der Waals surface area contributed by atoms with Crippen LogP contribution in [0.3, 0.4) is 0 Å². The fourth-order valence-electron chi connectivity index (χ4n) is 3.69. The molecule has 1 aromatic rings. The van der Waals surface area contributed by atoms with Gasteiger partial charge in [0.25, 0.3) is 5.91 Å². The van der Waals surface area contributed by atoms with E-state index in [0.717, 1.165) is 24.0 Å². The highest BCUT2D eigenvalue weighted by Gasteiger charge is 2.42. The third-order valence-electron chi connectivity index (χ3n) is 4.58. The molecule has 26 heavy (non-hydrogen) atoms. The van der Waals surface area contributed by atoms with Gasteiger partial charge in [-0.05, 0) is 39.0 Å². The van der Waals surface area contributed by atoms with Gasteiger partial charge in [-0.2, -0.15) is 18.3 Å². The molecule has 1 aromatic heterocycles. The first-order chi connectivity index (χ1) is 11.9. The van der Waals surface area contributed by atoms with E-state index in [4.69, 9.17) is 0 Å². The van der Waals surface area contributed by atoms with E-state index in [9.17, 15) is 18.0 Å². The minimum Gasteiger partial charge on any atom is -0.351 e. The van der Waals surface area contributed by atoms with Crippen LogP contribution in [-0.2, 0) is 11.7 Å². The molecule has 0 radical (unpaired) electrons. The number of likely N-dealkylation sites (tertiary alicyclic amines) is 1. The Labute approximate surface area is 152 Å². The summed E-state index contributed by atoms with van der Waals surface area (Å²) < 4.78 is 41.3. The zero-order chi connectivity index (χ0) is 19.7. The second-order valence-electron chi connectivity index (χ2n) is 8.45. The maximum absolute atomic E-state index is 13.5. The van der Waals surface area contributed by atoms with E-state index in [2.05, 4.69) is 29.2 Å². The van der Waals surface area contributed by atoms with Crippen molar-refractivity contribution in [2.75, 3.05) is 26.2 Å². The molecule has 0 spiro atoms. The van der Waals surface area contributed by atoms with Crippen LogP contribution in [0.2, 0.25) is 0 Å². The molecule has 8 heteroatoms. The number of halogens is 3. The zero-order valence-electron chi connectivity index (χ0n) is 16.2. The minimum absolute atomic E-state index is 0.316. The molecule has 0 aromatic carbocycles. The van der Waals surface area contributed by atoms with Crippen molar-refractivity contribution in [1.82, 2.24) is 20.0 Å². The number of piperidine rings is 1. The van der Waals surface area contributed by atoms with Crippen LogP contribution in [0.1, 0.15) is 57.1 Å². The third-order valence-corrected chi connectivity index (χ3v) is 4.58. The molecular weight excluding hydrogens is 345 g/mol. The number of hydrogen-bond acceptors (Lipinski definition) is 3. The normalized spacial score (nSPS) is 22.5. The zero-order valence-corrected chi connectivity index (χ0v) is 16.2. The summed E-state index contributed by atoms with van der Waals surface area (Å²) in [6.07, 6.45) is -2.45. The van der Waals surface area contributed by atoms with E-state index in [1.807, 2.05) is 0 Å². The molecule has 0 aliphatic carbocycles. The van der Waals surface area contributed by atoms with Crippen LogP contribution in [0.4, 0.5) is 13.2 Å². The standard InChI is InChI=1S/C18H29F3N4O/c1-12-8-13(2)11-24(10-12)7-6-22-16(26)14-9-23-25(17(3,4)5)15(14)18(19,20)21/h9,12-13H,6-8,10-11H2,1-5H3,(H,22,26)/t12-,13-/m0/s1. The number of carbonyl (C=O) groups excluding carboxylic acids is 1. The summed E-state index contributed by atoms with van der Waals surface area (Å²) in [5.74, 6) is 0.457. The fraction of sp³-hybridized carbons (Fsp3) is 0.778. The average molecular weight is 374 g/mol. The molecule has 0 unspecified atom stereocenters. The summed E-state index contributed by atoms with van der Waals surface area (Å²) in [6, 6.07) is 0. The third kappa shape index (κ3) is 4.99. The first-order valence-corrected chi connectivity index (χ1v) is 9.06. The van der Waals surface area contributed by atoms with Gasteiger partial charge in [0.2, 0.25) is 0 Å². The van der Waals surface area contributed by atoms with E-state index in [1.165, 1.54) is 6.42 Å². The lowest BCUT2D eigenvalue weighted by atomic mass is 9.92. The Balaban J connectivity index is 2.05. The van der Waals surface area contributed by atoms with E-state index >= 15 is 0 Å². The van der Waals surface area contributed by atoms with Crippen molar-refractivity contribution >= 4 is 5.91 Å². The summed E-state index contributed by atoms with van der Waals surface area (Å²) >= 11 is 0. The van der Waals surface area contributed by atoms with E-state index in [1.54, 1.807) is 20.8 Å². The van der Waals surface area contributed by atoms with Crippen molar-refractivity contribution in [3.63, 3.8) is 0 Å². The topological polar surface area (TPSA) is 50.2 Å². The lowest BCUT2D eigenvalue weighted by Crippen LogP contribution is -2.43. The number of carbonyl (C=O) groups is 1. The van der Waals surface area contributed by atoms with E-state index in [-0.39, 0.29) is 0 Å². The first-order valence-electron chi connectivity index (χ1n) is 9.06. The van der Waals surface area contributed by atoms with Gasteiger partial charge in [0.15, 0.2) is 5.69 Å². The molecular formula is C18H29F3N4O. The molecule has 1 aliphatic rings. The summed E-state index contributed by atoms with van der Waals surface area (Å²) in [5.41, 5.74) is -2.29. The Bertz CT molecular complexity index is 623. The number of nitrogens with zero attached hydrogens (tertiary/aromatic N) is 3. The van der Waals surface area contributed by atoms with Crippen molar-refractivity contribution in [2.24, 2.45) is 11.8 Å². The molecule has 1 fully saturated rings. The number of nitrogens with one attached hydrogen (secondary N) is 1. The van der Waals surface area contributed by atoms with Crippen LogP contribution in [0.15, 0.2) is 6.20 Å². The second kappa shape index (κ2) is 7.58. The van der Waals surface area contributed by atoms with Gasteiger partial charge in [0.1, 0.15) is 0 Å². The van der Waals surface area contributed by atoms with Crippen LogP contribution in [-0.4, -0.2) is 46.8 Å². The van der Waals surface area contributed by atoms with Gasteiger partial charge < -0.3 is 10.2 Å². The molecule has 2 heterocycles. The quantitative estimate of drug-likeness (QED) is 0.879. The van der Waals surface area contributed by atoms with Crippen LogP contribution in [0.5, 0.6) is 0 Å². The molecule has 1 saturated heterocycles. The van der Waals surface area contributed by atoms with Crippen LogP contribution in [0, 0.1) is 11.8 Å². The monoisotopic (exact) mass is 374 g/mol. The molecule has 1 amide bonds. The molecule has 1 aliphatic heterocycles. The average Bonchev–Trinajstić information content (AvgIpc) is 2.91. The summed E-state index contributed by atoms with van der Waals surface area (Å²) in [7, 11) is 0. The second-order valence-corrected chi connectivity index (χ2v) is 8.45. The number of amides is 1. The Hall–Kier alpha value is -1.57. The number of alkyl halides is 3. The fourth-order valence-corrected chi connectivity index (χ4v) is 3.69. The largest absolute Gasteiger partial charge is 0.433 e. The van der Waals surface area contributed by atoms with E-state index in [0.29, 0.717) is 24.9 Å². The highest BCUT2D eigenvalue weighted by atomic mass is 19.4. The Morgan fingerprint density at radius 3 is 2.31 bits per heavy atom. The summed E-state index contributed by atoms with van der Waals surface area (Å²) in [4.78, 5) is 14.6. The highest BCUT2D eigenvalue weighted by Crippen LogP contribution is 2.34. The smallest absolute Gasteiger partial charge is 0.351 e. The van der Waals surface area contributed by atoms with Crippen molar-refractivity contribution < 1.29 is 18.0 Å². The van der Waals surface area contributed by atoms with Crippen LogP contribution < -0.4 is 5.32 Å². The Morgan fingerprint density at radius 2 is 1.81 bits per heavy atom. The lowest BCUT2D eigenvalue weighted by Gasteiger charge is -2.34. The molecule has 2 atom stereocenters. The van der Waals surface area contributed by atoms with Gasteiger partial charge in [-0.15, -0.1) is 0 Å². The predicted octanol–water partition coefficient (Wildman–Crippen LogP) is 3.36. The van der Waals surface area contributed by atoms with Crippen LogP contribution in [0.25, 0.3) is 0 Å². The molecule has 5 nitrogen and oxygen atoms in total. The maximum atomic E-state index is 13.5. The van der Waals surface area contributed by atoms with Gasteiger partial charge in [-0.3, -0.25) is 9.48 Å². The summed E-state index contributed by atoms with van der Waals surface area (Å²) in [6.45, 7) is 12.1. The molecule has 1 N–H and O–H groups in total. The lowest BCUT2D eigenvalue weighted by molar-refractivity contribution is -0.146. The maximum Gasteiger partial charge on any atom is 0.433 e. The van der Waals surface area contributed by atoms with Crippen molar-refractivity contribution in [3.05, 3.63) is 17.5 Å². The molecule has 0 saturated carbocycles. The van der Waals surface area contributed by atoms with Gasteiger partial charge in [-0.25, -0.2) is 0 Å². The van der Waals surface area contributed by atoms with Crippen molar-refractivity contribution in [1.29, 1.82) is 0 Å². The first kappa shape index (κ1) is 20.7. The van der Waals surface area contributed by atoms with Crippen LogP contribution >= 0.6 is 0 Å². The van der Waals surface area contributed by atoms with Gasteiger partial charge in [-0.1, -0.05) is 13.8 Å². The molecule has 0 bridgehead atoms. The van der Waals surface area contributed by atoms with Gasteiger partial charge in [0.05, 0.1) is 17.3 Å². The SMILES string of the molecule is C[C@H]1C[C@H](C)CN(CCNC(=O)c2cnn(C(C)(C)C)c2C(F)(F)F)C1. The number of hydrogen-bond donors (Lipinski definition) is 1. The van der Waals surface area contributed by atoms with Gasteiger partial charge in [0, 0.05) is 26.2 Å². The summed E-state index contributed by atoms with van der Waals surface area (Å²) in [5, 5.41) is 6.44. The van der Waals surface area contributed by atoms with Crippen molar-refractivity contribution in [2.45, 2.75) is 52.8 Å². The minimum atomic E-state index is -4.64. The number of aromatic nitrogens is 2. The number of rotatable bonds is 4. The molecule has 148 valence electrons. The van der Waals surface area contributed by atoms with Gasteiger partial charge >= 0.3 is 6.18 Å². The predicted molar refractivity (Wildman–Crippen MR) is 93.9 cm³/mol. The van der Waals surface area contributed by atoms with E-state index < -0.39 is 28.9 Å². The Morgan fingerprint density at radius 1 is 1.23 bits per heavy atom. The molecule has 2 rings (SSSR count). The van der Waals surface area contributed by atoms with Crippen molar-refractivity contribution in [3.8, 4) is 0 Å².